The molecule has 0 spiro atoms. The fourth-order valence-corrected chi connectivity index (χ4v) is 2.38. The van der Waals surface area contributed by atoms with E-state index < -0.39 is 0 Å². The summed E-state index contributed by atoms with van der Waals surface area (Å²) in [4.78, 5) is 0. The maximum absolute atomic E-state index is 3.51. The minimum Gasteiger partial charge on any atom is -0.317 e. The maximum Gasteiger partial charge on any atom is -0.00232 e. The molecule has 2 N–H and O–H groups in total. The van der Waals surface area contributed by atoms with Gasteiger partial charge in [0.05, 0.1) is 0 Å². The van der Waals surface area contributed by atoms with Gasteiger partial charge in [0.15, 0.2) is 0 Å². The molecule has 0 fully saturated rings. The summed E-state index contributed by atoms with van der Waals surface area (Å²) in [5.74, 6) is 0.852. The van der Waals surface area contributed by atoms with Gasteiger partial charge in [0.25, 0.3) is 0 Å². The minimum absolute atomic E-state index is 0.852. The van der Waals surface area contributed by atoms with Crippen molar-refractivity contribution < 1.29 is 0 Å². The molecule has 0 aromatic heterocycles. The van der Waals surface area contributed by atoms with Gasteiger partial charge >= 0.3 is 0 Å². The van der Waals surface area contributed by atoms with Crippen molar-refractivity contribution in [2.75, 3.05) is 26.2 Å². The van der Waals surface area contributed by atoms with E-state index in [4.69, 9.17) is 0 Å². The lowest BCUT2D eigenvalue weighted by Crippen LogP contribution is -2.21. The zero-order valence-electron chi connectivity index (χ0n) is 13.8. The Morgan fingerprint density at radius 2 is 1.26 bits per heavy atom. The van der Waals surface area contributed by atoms with Crippen LogP contribution in [0.5, 0.6) is 0 Å². The summed E-state index contributed by atoms with van der Waals surface area (Å²) in [7, 11) is 0. The third kappa shape index (κ3) is 15.9. The molecule has 0 aliphatic heterocycles. The summed E-state index contributed by atoms with van der Waals surface area (Å²) in [6, 6.07) is 0. The monoisotopic (exact) mass is 270 g/mol. The topological polar surface area (TPSA) is 24.1 Å². The Labute approximate surface area is 122 Å². The van der Waals surface area contributed by atoms with Crippen molar-refractivity contribution in [3.8, 4) is 0 Å². The highest BCUT2D eigenvalue weighted by molar-refractivity contribution is 4.57. The van der Waals surface area contributed by atoms with Gasteiger partial charge < -0.3 is 10.6 Å². The van der Waals surface area contributed by atoms with Crippen LogP contribution in [0, 0.1) is 5.92 Å². The Balaban J connectivity index is 3.05. The van der Waals surface area contributed by atoms with E-state index >= 15 is 0 Å². The second-order valence-electron chi connectivity index (χ2n) is 5.97. The predicted octanol–water partition coefficient (Wildman–Crippen LogP) is 4.35. The van der Waals surface area contributed by atoms with E-state index in [1.54, 1.807) is 0 Å². The van der Waals surface area contributed by atoms with Crippen LogP contribution in [-0.2, 0) is 0 Å². The molecule has 0 bridgehead atoms. The molecule has 0 saturated heterocycles. The smallest absolute Gasteiger partial charge is 0.00232 e. The SMILES string of the molecule is CCCNCCCCCCCCC(C)CNCCC. The van der Waals surface area contributed by atoms with Gasteiger partial charge in [0.2, 0.25) is 0 Å². The van der Waals surface area contributed by atoms with E-state index in [0.29, 0.717) is 0 Å². The van der Waals surface area contributed by atoms with E-state index in [1.807, 2.05) is 0 Å². The summed E-state index contributed by atoms with van der Waals surface area (Å²) in [6.07, 6.45) is 12.4. The Kier molecular flexibility index (Phi) is 15.9. The van der Waals surface area contributed by atoms with Crippen LogP contribution in [0.1, 0.15) is 78.6 Å². The highest BCUT2D eigenvalue weighted by Gasteiger charge is 2.00. The molecule has 0 aliphatic carbocycles. The lowest BCUT2D eigenvalue weighted by Gasteiger charge is -2.11. The Morgan fingerprint density at radius 1 is 0.684 bits per heavy atom. The first-order valence-electron chi connectivity index (χ1n) is 8.72. The molecular weight excluding hydrogens is 232 g/mol. The van der Waals surface area contributed by atoms with Crippen molar-refractivity contribution in [2.24, 2.45) is 5.92 Å². The molecule has 19 heavy (non-hydrogen) atoms. The van der Waals surface area contributed by atoms with Gasteiger partial charge in [0.1, 0.15) is 0 Å². The van der Waals surface area contributed by atoms with Gasteiger partial charge in [-0.3, -0.25) is 0 Å². The third-order valence-electron chi connectivity index (χ3n) is 3.65. The molecule has 1 unspecified atom stereocenters. The summed E-state index contributed by atoms with van der Waals surface area (Å²) in [5, 5.41) is 6.98. The van der Waals surface area contributed by atoms with Crippen molar-refractivity contribution >= 4 is 0 Å². The van der Waals surface area contributed by atoms with Gasteiger partial charge in [-0.2, -0.15) is 0 Å². The van der Waals surface area contributed by atoms with Crippen LogP contribution >= 0.6 is 0 Å². The van der Waals surface area contributed by atoms with Crippen molar-refractivity contribution in [2.45, 2.75) is 78.6 Å². The predicted molar refractivity (Wildman–Crippen MR) is 87.8 cm³/mol. The van der Waals surface area contributed by atoms with Crippen LogP contribution in [0.4, 0.5) is 0 Å². The summed E-state index contributed by atoms with van der Waals surface area (Å²) in [6.45, 7) is 11.6. The minimum atomic E-state index is 0.852. The van der Waals surface area contributed by atoms with Crippen molar-refractivity contribution in [3.63, 3.8) is 0 Å². The second kappa shape index (κ2) is 16.0. The third-order valence-corrected chi connectivity index (χ3v) is 3.65. The second-order valence-corrected chi connectivity index (χ2v) is 5.97. The molecule has 0 amide bonds. The van der Waals surface area contributed by atoms with Crippen LogP contribution in [-0.4, -0.2) is 26.2 Å². The molecule has 2 nitrogen and oxygen atoms in total. The van der Waals surface area contributed by atoms with Crippen molar-refractivity contribution in [1.29, 1.82) is 0 Å². The Hall–Kier alpha value is -0.0800. The molecule has 0 saturated carbocycles. The summed E-state index contributed by atoms with van der Waals surface area (Å²) >= 11 is 0. The Bertz CT molecular complexity index is 159. The summed E-state index contributed by atoms with van der Waals surface area (Å²) in [5.41, 5.74) is 0. The molecule has 0 aliphatic rings. The van der Waals surface area contributed by atoms with E-state index in [0.717, 1.165) is 5.92 Å². The molecular formula is C17H38N2. The molecule has 2 heteroatoms. The first-order valence-corrected chi connectivity index (χ1v) is 8.72. The molecule has 1 atom stereocenters. The fourth-order valence-electron chi connectivity index (χ4n) is 2.38. The molecule has 0 radical (unpaired) electrons. The summed E-state index contributed by atoms with van der Waals surface area (Å²) < 4.78 is 0. The maximum atomic E-state index is 3.51. The fraction of sp³-hybridized carbons (Fsp3) is 1.00. The lowest BCUT2D eigenvalue weighted by molar-refractivity contribution is 0.450. The number of nitrogens with one attached hydrogen (secondary N) is 2. The largest absolute Gasteiger partial charge is 0.317 e. The highest BCUT2D eigenvalue weighted by Crippen LogP contribution is 2.11. The van der Waals surface area contributed by atoms with Crippen LogP contribution < -0.4 is 10.6 Å². The Morgan fingerprint density at radius 3 is 1.95 bits per heavy atom. The number of hydrogen-bond donors (Lipinski definition) is 2. The zero-order chi connectivity index (χ0) is 14.2. The van der Waals surface area contributed by atoms with E-state index in [9.17, 15) is 0 Å². The van der Waals surface area contributed by atoms with Crippen LogP contribution in [0.25, 0.3) is 0 Å². The van der Waals surface area contributed by atoms with Crippen molar-refractivity contribution in [3.05, 3.63) is 0 Å². The van der Waals surface area contributed by atoms with Gasteiger partial charge in [-0.15, -0.1) is 0 Å². The van der Waals surface area contributed by atoms with Crippen LogP contribution in [0.3, 0.4) is 0 Å². The quantitative estimate of drug-likeness (QED) is 0.432. The lowest BCUT2D eigenvalue weighted by atomic mass is 10.0. The average molecular weight is 271 g/mol. The van der Waals surface area contributed by atoms with Gasteiger partial charge in [-0.1, -0.05) is 52.9 Å². The molecule has 0 heterocycles. The first kappa shape index (κ1) is 18.9. The standard InChI is InChI=1S/C17H38N2/c1-4-13-18-15-11-9-7-6-8-10-12-17(3)16-19-14-5-2/h17-19H,4-16H2,1-3H3. The normalized spacial score (nSPS) is 12.8. The number of unbranched alkanes of at least 4 members (excludes halogenated alkanes) is 5. The average Bonchev–Trinajstić information content (AvgIpc) is 2.41. The van der Waals surface area contributed by atoms with Gasteiger partial charge in [-0.05, 0) is 57.8 Å². The van der Waals surface area contributed by atoms with E-state index in [-0.39, 0.29) is 0 Å². The van der Waals surface area contributed by atoms with E-state index in [1.165, 1.54) is 84.0 Å². The van der Waals surface area contributed by atoms with Crippen molar-refractivity contribution in [1.82, 2.24) is 10.6 Å². The van der Waals surface area contributed by atoms with Crippen LogP contribution in [0.2, 0.25) is 0 Å². The molecule has 0 aromatic rings. The zero-order valence-corrected chi connectivity index (χ0v) is 13.8. The van der Waals surface area contributed by atoms with Gasteiger partial charge in [0, 0.05) is 0 Å². The molecule has 0 rings (SSSR count). The number of rotatable bonds is 15. The highest BCUT2D eigenvalue weighted by atomic mass is 14.8. The molecule has 0 aromatic carbocycles. The van der Waals surface area contributed by atoms with E-state index in [2.05, 4.69) is 31.4 Å². The van der Waals surface area contributed by atoms with Gasteiger partial charge in [-0.25, -0.2) is 0 Å². The number of hydrogen-bond acceptors (Lipinski definition) is 2. The molecule has 116 valence electrons. The van der Waals surface area contributed by atoms with Crippen LogP contribution in [0.15, 0.2) is 0 Å². The first-order chi connectivity index (χ1) is 9.31.